The number of nitrogens with one attached hydrogen (secondary N) is 1. The maximum atomic E-state index is 12.5. The van der Waals surface area contributed by atoms with Crippen molar-refractivity contribution in [3.8, 4) is 0 Å². The first-order valence-electron chi connectivity index (χ1n) is 8.51. The molecule has 2 unspecified atom stereocenters. The Morgan fingerprint density at radius 2 is 1.58 bits per heavy atom. The number of amides is 1. The topological polar surface area (TPSA) is 81.4 Å². The van der Waals surface area contributed by atoms with Crippen molar-refractivity contribution >= 4 is 24.5 Å². The van der Waals surface area contributed by atoms with Gasteiger partial charge in [0, 0.05) is 6.42 Å². The van der Waals surface area contributed by atoms with Crippen molar-refractivity contribution in [3.63, 3.8) is 0 Å². The highest BCUT2D eigenvalue weighted by atomic mass is 32.1. The van der Waals surface area contributed by atoms with Crippen molar-refractivity contribution in [1.82, 2.24) is 5.32 Å². The van der Waals surface area contributed by atoms with Crippen molar-refractivity contribution in [3.05, 3.63) is 71.8 Å². The van der Waals surface area contributed by atoms with Gasteiger partial charge in [-0.05, 0) is 23.3 Å². The van der Waals surface area contributed by atoms with Crippen LogP contribution in [0.2, 0.25) is 0 Å². The molecule has 2 atom stereocenters. The molecule has 1 amide bonds. The van der Waals surface area contributed by atoms with Crippen LogP contribution in [-0.2, 0) is 27.4 Å². The number of rotatable bonds is 9. The molecular formula is C20H24N2O3S. The molecule has 0 spiro atoms. The monoisotopic (exact) mass is 372 g/mol. The standard InChI is InChI=1S/C20H24N2O3S/c21-17(11-12-26)19(23)22-18(13-15-7-3-1-4-8-15)20(24)25-14-16-9-5-2-6-10-16/h1-10,17-18,26H,11-14,21H2,(H,22,23). The highest BCUT2D eigenvalue weighted by Gasteiger charge is 2.25. The summed E-state index contributed by atoms with van der Waals surface area (Å²) in [6, 6.07) is 17.4. The first-order chi connectivity index (χ1) is 12.6. The summed E-state index contributed by atoms with van der Waals surface area (Å²) in [6.07, 6.45) is 0.778. The second kappa shape index (κ2) is 10.6. The van der Waals surface area contributed by atoms with E-state index in [1.54, 1.807) is 0 Å². The summed E-state index contributed by atoms with van der Waals surface area (Å²) in [6.45, 7) is 0.156. The van der Waals surface area contributed by atoms with Crippen molar-refractivity contribution in [2.24, 2.45) is 5.73 Å². The van der Waals surface area contributed by atoms with Crippen LogP contribution in [-0.4, -0.2) is 29.7 Å². The molecule has 0 saturated carbocycles. The molecule has 0 heterocycles. The fourth-order valence-electron chi connectivity index (χ4n) is 2.42. The summed E-state index contributed by atoms with van der Waals surface area (Å²) >= 11 is 4.09. The maximum absolute atomic E-state index is 12.5. The van der Waals surface area contributed by atoms with E-state index in [9.17, 15) is 9.59 Å². The number of esters is 1. The van der Waals surface area contributed by atoms with E-state index in [4.69, 9.17) is 10.5 Å². The van der Waals surface area contributed by atoms with Gasteiger partial charge < -0.3 is 15.8 Å². The third-order valence-corrected chi connectivity index (χ3v) is 4.14. The SMILES string of the molecule is NC(CCS)C(=O)NC(Cc1ccccc1)C(=O)OCc1ccccc1. The van der Waals surface area contributed by atoms with Gasteiger partial charge in [-0.2, -0.15) is 12.6 Å². The molecule has 0 aliphatic carbocycles. The molecule has 0 radical (unpaired) electrons. The minimum Gasteiger partial charge on any atom is -0.459 e. The van der Waals surface area contributed by atoms with Gasteiger partial charge in [-0.25, -0.2) is 4.79 Å². The summed E-state index contributed by atoms with van der Waals surface area (Å²) < 4.78 is 5.39. The maximum Gasteiger partial charge on any atom is 0.329 e. The van der Waals surface area contributed by atoms with E-state index < -0.39 is 18.1 Å². The molecule has 0 bridgehead atoms. The molecule has 26 heavy (non-hydrogen) atoms. The molecule has 5 nitrogen and oxygen atoms in total. The normalized spacial score (nSPS) is 12.8. The third kappa shape index (κ3) is 6.54. The van der Waals surface area contributed by atoms with E-state index in [0.717, 1.165) is 11.1 Å². The summed E-state index contributed by atoms with van der Waals surface area (Å²) in [5.74, 6) is -0.364. The number of carbonyl (C=O) groups is 2. The van der Waals surface area contributed by atoms with Crippen LogP contribution < -0.4 is 11.1 Å². The van der Waals surface area contributed by atoms with Crippen LogP contribution in [0.4, 0.5) is 0 Å². The average molecular weight is 372 g/mol. The van der Waals surface area contributed by atoms with Gasteiger partial charge in [0.15, 0.2) is 0 Å². The Hall–Kier alpha value is -2.31. The molecule has 0 fully saturated rings. The van der Waals surface area contributed by atoms with E-state index in [1.807, 2.05) is 60.7 Å². The smallest absolute Gasteiger partial charge is 0.329 e. The predicted molar refractivity (Wildman–Crippen MR) is 105 cm³/mol. The molecule has 6 heteroatoms. The Kier molecular flexibility index (Phi) is 8.18. The zero-order chi connectivity index (χ0) is 18.8. The molecule has 0 aliphatic rings. The Labute approximate surface area is 159 Å². The van der Waals surface area contributed by atoms with Crippen LogP contribution >= 0.6 is 12.6 Å². The quantitative estimate of drug-likeness (QED) is 0.465. The Morgan fingerprint density at radius 3 is 2.15 bits per heavy atom. The van der Waals surface area contributed by atoms with E-state index in [2.05, 4.69) is 17.9 Å². The van der Waals surface area contributed by atoms with Crippen molar-refractivity contribution in [1.29, 1.82) is 0 Å². The van der Waals surface area contributed by atoms with Crippen LogP contribution in [0, 0.1) is 0 Å². The Morgan fingerprint density at radius 1 is 1.00 bits per heavy atom. The first-order valence-corrected chi connectivity index (χ1v) is 9.14. The molecule has 0 aliphatic heterocycles. The lowest BCUT2D eigenvalue weighted by Crippen LogP contribution is -2.50. The van der Waals surface area contributed by atoms with Crippen LogP contribution in [0.15, 0.2) is 60.7 Å². The second-order valence-electron chi connectivity index (χ2n) is 5.96. The lowest BCUT2D eigenvalue weighted by Gasteiger charge is -2.20. The number of benzene rings is 2. The summed E-state index contributed by atoms with van der Waals surface area (Å²) in [5, 5.41) is 2.71. The molecule has 138 valence electrons. The molecule has 2 rings (SSSR count). The Balaban J connectivity index is 2.03. The van der Waals surface area contributed by atoms with Gasteiger partial charge in [0.2, 0.25) is 5.91 Å². The number of hydrogen-bond donors (Lipinski definition) is 3. The van der Waals surface area contributed by atoms with Crippen molar-refractivity contribution < 1.29 is 14.3 Å². The zero-order valence-corrected chi connectivity index (χ0v) is 15.4. The van der Waals surface area contributed by atoms with Crippen molar-refractivity contribution in [2.75, 3.05) is 5.75 Å². The molecular weight excluding hydrogens is 348 g/mol. The van der Waals surface area contributed by atoms with Gasteiger partial charge in [0.25, 0.3) is 0 Å². The van der Waals surface area contributed by atoms with Crippen LogP contribution in [0.3, 0.4) is 0 Å². The fraction of sp³-hybridized carbons (Fsp3) is 0.300. The van der Waals surface area contributed by atoms with Gasteiger partial charge in [-0.15, -0.1) is 0 Å². The summed E-state index contributed by atoms with van der Waals surface area (Å²) in [4.78, 5) is 24.8. The molecule has 3 N–H and O–H groups in total. The van der Waals surface area contributed by atoms with E-state index in [1.165, 1.54) is 0 Å². The number of ether oxygens (including phenoxy) is 1. The number of carbonyl (C=O) groups excluding carboxylic acids is 2. The summed E-state index contributed by atoms with van der Waals surface area (Å²) in [5.41, 5.74) is 7.64. The first kappa shape index (κ1) is 20.0. The van der Waals surface area contributed by atoms with Gasteiger partial charge in [0.1, 0.15) is 12.6 Å². The fourth-order valence-corrected chi connectivity index (χ4v) is 2.70. The third-order valence-electron chi connectivity index (χ3n) is 3.88. The predicted octanol–water partition coefficient (Wildman–Crippen LogP) is 2.10. The number of hydrogen-bond acceptors (Lipinski definition) is 5. The highest BCUT2D eigenvalue weighted by Crippen LogP contribution is 2.08. The van der Waals surface area contributed by atoms with Crippen LogP contribution in [0.1, 0.15) is 17.5 Å². The summed E-state index contributed by atoms with van der Waals surface area (Å²) in [7, 11) is 0. The average Bonchev–Trinajstić information content (AvgIpc) is 2.67. The minimum atomic E-state index is -0.792. The largest absolute Gasteiger partial charge is 0.459 e. The molecule has 0 saturated heterocycles. The van der Waals surface area contributed by atoms with Gasteiger partial charge in [-0.3, -0.25) is 4.79 Å². The minimum absolute atomic E-state index is 0.156. The molecule has 2 aromatic carbocycles. The van der Waals surface area contributed by atoms with E-state index in [-0.39, 0.29) is 12.5 Å². The van der Waals surface area contributed by atoms with Crippen LogP contribution in [0.25, 0.3) is 0 Å². The number of nitrogens with two attached hydrogens (primary N) is 1. The van der Waals surface area contributed by atoms with E-state index in [0.29, 0.717) is 18.6 Å². The highest BCUT2D eigenvalue weighted by molar-refractivity contribution is 7.80. The zero-order valence-electron chi connectivity index (χ0n) is 14.5. The second-order valence-corrected chi connectivity index (χ2v) is 6.41. The van der Waals surface area contributed by atoms with Gasteiger partial charge in [-0.1, -0.05) is 60.7 Å². The Bertz CT molecular complexity index is 695. The number of thiol groups is 1. The van der Waals surface area contributed by atoms with Crippen molar-refractivity contribution in [2.45, 2.75) is 31.5 Å². The lowest BCUT2D eigenvalue weighted by atomic mass is 10.1. The van der Waals surface area contributed by atoms with Crippen LogP contribution in [0.5, 0.6) is 0 Å². The molecule has 2 aromatic rings. The molecule has 0 aromatic heterocycles. The van der Waals surface area contributed by atoms with E-state index >= 15 is 0 Å². The lowest BCUT2D eigenvalue weighted by molar-refractivity contribution is -0.149. The van der Waals surface area contributed by atoms with Gasteiger partial charge >= 0.3 is 5.97 Å². The van der Waals surface area contributed by atoms with Gasteiger partial charge in [0.05, 0.1) is 6.04 Å².